The number of hydrogen-bond donors (Lipinski definition) is 2. The van der Waals surface area contributed by atoms with Crippen LogP contribution in [0.15, 0.2) is 91.0 Å². The molecule has 174 valence electrons. The molecule has 0 spiro atoms. The minimum Gasteiger partial charge on any atom is -0.385 e. The van der Waals surface area contributed by atoms with Gasteiger partial charge in [0.05, 0.1) is 26.4 Å². The Kier molecular flexibility index (Phi) is 8.60. The zero-order valence-corrected chi connectivity index (χ0v) is 18.4. The summed E-state index contributed by atoms with van der Waals surface area (Å²) < 4.78 is 23.9. The summed E-state index contributed by atoms with van der Waals surface area (Å²) in [5.41, 5.74) is 2.99. The molecule has 1 fully saturated rings. The first kappa shape index (κ1) is 23.6. The Balaban J connectivity index is 1.46. The molecule has 0 aliphatic carbocycles. The van der Waals surface area contributed by atoms with Crippen molar-refractivity contribution >= 4 is 0 Å². The standard InChI is InChI=1S/C27H30O6/c28-24-26(32-18-22-14-8-3-9-15-22)25(31-17-21-12-6-2-7-13-21)23(33-27(24)29)19-30-16-20-10-4-1-5-11-20/h1-15,23-29H,16-19H2/t23-,24+,25-,26+,27+/m1/s1. The number of rotatable bonds is 10. The molecule has 0 amide bonds. The molecule has 0 unspecified atom stereocenters. The maximum Gasteiger partial charge on any atom is 0.184 e. The SMILES string of the molecule is O[C@H]1[C@H](OCc2ccccc2)[C@H](OCc2ccccc2)[C@@H](COCc2ccccc2)O[C@@H]1O. The number of hydrogen-bond acceptors (Lipinski definition) is 6. The van der Waals surface area contributed by atoms with Crippen LogP contribution in [0, 0.1) is 0 Å². The van der Waals surface area contributed by atoms with Crippen molar-refractivity contribution in [1.82, 2.24) is 0 Å². The van der Waals surface area contributed by atoms with Crippen LogP contribution in [0.3, 0.4) is 0 Å². The van der Waals surface area contributed by atoms with Crippen LogP contribution >= 0.6 is 0 Å². The van der Waals surface area contributed by atoms with E-state index >= 15 is 0 Å². The van der Waals surface area contributed by atoms with Gasteiger partial charge in [-0.25, -0.2) is 0 Å². The van der Waals surface area contributed by atoms with Gasteiger partial charge in [0.15, 0.2) is 6.29 Å². The van der Waals surface area contributed by atoms with E-state index in [9.17, 15) is 10.2 Å². The van der Waals surface area contributed by atoms with E-state index in [0.717, 1.165) is 16.7 Å². The van der Waals surface area contributed by atoms with Crippen LogP contribution in [-0.2, 0) is 38.8 Å². The first-order valence-corrected chi connectivity index (χ1v) is 11.1. The minimum absolute atomic E-state index is 0.184. The van der Waals surface area contributed by atoms with Crippen molar-refractivity contribution in [1.29, 1.82) is 0 Å². The second kappa shape index (κ2) is 12.0. The first-order chi connectivity index (χ1) is 16.2. The number of aliphatic hydroxyl groups excluding tert-OH is 2. The molecular formula is C27H30O6. The number of ether oxygens (including phenoxy) is 4. The van der Waals surface area contributed by atoms with E-state index in [4.69, 9.17) is 18.9 Å². The quantitative estimate of drug-likeness (QED) is 0.493. The molecule has 0 radical (unpaired) electrons. The zero-order chi connectivity index (χ0) is 22.9. The van der Waals surface area contributed by atoms with Crippen LogP contribution in [0.25, 0.3) is 0 Å². The Labute approximate surface area is 194 Å². The molecule has 6 heteroatoms. The van der Waals surface area contributed by atoms with Crippen molar-refractivity contribution in [3.05, 3.63) is 108 Å². The Morgan fingerprint density at radius 3 is 1.58 bits per heavy atom. The summed E-state index contributed by atoms with van der Waals surface area (Å²) in [4.78, 5) is 0. The van der Waals surface area contributed by atoms with Gasteiger partial charge in [0.2, 0.25) is 0 Å². The Bertz CT molecular complexity index is 937. The smallest absolute Gasteiger partial charge is 0.184 e. The maximum absolute atomic E-state index is 10.7. The molecule has 1 aliphatic rings. The highest BCUT2D eigenvalue weighted by Gasteiger charge is 2.46. The van der Waals surface area contributed by atoms with Gasteiger partial charge in [-0.15, -0.1) is 0 Å². The van der Waals surface area contributed by atoms with Crippen molar-refractivity contribution in [3.8, 4) is 0 Å². The van der Waals surface area contributed by atoms with Crippen molar-refractivity contribution in [2.24, 2.45) is 0 Å². The molecule has 5 atom stereocenters. The topological polar surface area (TPSA) is 77.4 Å². The van der Waals surface area contributed by atoms with E-state index in [1.165, 1.54) is 0 Å². The van der Waals surface area contributed by atoms with Gasteiger partial charge in [-0.05, 0) is 16.7 Å². The van der Waals surface area contributed by atoms with Crippen molar-refractivity contribution in [3.63, 3.8) is 0 Å². The molecule has 1 aliphatic heterocycles. The lowest BCUT2D eigenvalue weighted by Crippen LogP contribution is -2.60. The van der Waals surface area contributed by atoms with Gasteiger partial charge in [-0.3, -0.25) is 0 Å². The molecule has 6 nitrogen and oxygen atoms in total. The summed E-state index contributed by atoms with van der Waals surface area (Å²) in [5, 5.41) is 21.1. The Morgan fingerprint density at radius 1 is 0.606 bits per heavy atom. The lowest BCUT2D eigenvalue weighted by molar-refractivity contribution is -0.307. The molecule has 0 bridgehead atoms. The molecule has 3 aromatic carbocycles. The van der Waals surface area contributed by atoms with Crippen molar-refractivity contribution < 1.29 is 29.2 Å². The third-order valence-corrected chi connectivity index (χ3v) is 5.60. The van der Waals surface area contributed by atoms with Crippen molar-refractivity contribution in [2.75, 3.05) is 6.61 Å². The van der Waals surface area contributed by atoms with Gasteiger partial charge in [-0.2, -0.15) is 0 Å². The zero-order valence-electron chi connectivity index (χ0n) is 18.4. The molecule has 1 saturated heterocycles. The van der Waals surface area contributed by atoms with Crippen LogP contribution < -0.4 is 0 Å². The highest BCUT2D eigenvalue weighted by Crippen LogP contribution is 2.27. The van der Waals surface area contributed by atoms with E-state index in [1.807, 2.05) is 91.0 Å². The van der Waals surface area contributed by atoms with Gasteiger partial charge in [0.25, 0.3) is 0 Å². The lowest BCUT2D eigenvalue weighted by Gasteiger charge is -2.42. The minimum atomic E-state index is -1.40. The fourth-order valence-electron chi connectivity index (χ4n) is 3.84. The monoisotopic (exact) mass is 450 g/mol. The summed E-state index contributed by atoms with van der Waals surface area (Å²) in [6.07, 6.45) is -4.68. The molecule has 4 rings (SSSR count). The van der Waals surface area contributed by atoms with Crippen LogP contribution in [0.2, 0.25) is 0 Å². The molecule has 0 saturated carbocycles. The predicted molar refractivity (Wildman–Crippen MR) is 123 cm³/mol. The molecule has 33 heavy (non-hydrogen) atoms. The third kappa shape index (κ3) is 6.71. The number of aliphatic hydroxyl groups is 2. The highest BCUT2D eigenvalue weighted by atomic mass is 16.7. The highest BCUT2D eigenvalue weighted by molar-refractivity contribution is 5.15. The predicted octanol–water partition coefficient (Wildman–Crippen LogP) is 3.45. The van der Waals surface area contributed by atoms with Gasteiger partial charge in [0.1, 0.15) is 24.4 Å². The molecule has 3 aromatic rings. The molecule has 1 heterocycles. The van der Waals surface area contributed by atoms with Crippen LogP contribution in [0.4, 0.5) is 0 Å². The van der Waals surface area contributed by atoms with Gasteiger partial charge >= 0.3 is 0 Å². The van der Waals surface area contributed by atoms with E-state index in [1.54, 1.807) is 0 Å². The van der Waals surface area contributed by atoms with E-state index in [2.05, 4.69) is 0 Å². The van der Waals surface area contributed by atoms with Crippen LogP contribution in [0.1, 0.15) is 16.7 Å². The summed E-state index contributed by atoms with van der Waals surface area (Å²) >= 11 is 0. The van der Waals surface area contributed by atoms with Crippen LogP contribution in [0.5, 0.6) is 0 Å². The maximum atomic E-state index is 10.7. The van der Waals surface area contributed by atoms with Gasteiger partial charge < -0.3 is 29.2 Å². The Morgan fingerprint density at radius 2 is 1.06 bits per heavy atom. The van der Waals surface area contributed by atoms with E-state index < -0.39 is 30.7 Å². The van der Waals surface area contributed by atoms with E-state index in [-0.39, 0.29) is 13.2 Å². The summed E-state index contributed by atoms with van der Waals surface area (Å²) in [6, 6.07) is 29.3. The lowest BCUT2D eigenvalue weighted by atomic mass is 9.98. The average Bonchev–Trinajstić information content (AvgIpc) is 2.86. The van der Waals surface area contributed by atoms with Gasteiger partial charge in [-0.1, -0.05) is 91.0 Å². The van der Waals surface area contributed by atoms with Gasteiger partial charge in [0, 0.05) is 0 Å². The summed E-state index contributed by atoms with van der Waals surface area (Å²) in [6.45, 7) is 1.18. The average molecular weight is 451 g/mol. The normalized spacial score (nSPS) is 25.1. The summed E-state index contributed by atoms with van der Waals surface area (Å²) in [5.74, 6) is 0. The third-order valence-electron chi connectivity index (χ3n) is 5.60. The molecule has 0 aromatic heterocycles. The van der Waals surface area contributed by atoms with E-state index in [0.29, 0.717) is 13.2 Å². The second-order valence-electron chi connectivity index (χ2n) is 8.08. The largest absolute Gasteiger partial charge is 0.385 e. The molecule has 2 N–H and O–H groups in total. The Hall–Kier alpha value is -2.58. The second-order valence-corrected chi connectivity index (χ2v) is 8.08. The van der Waals surface area contributed by atoms with Crippen molar-refractivity contribution in [2.45, 2.75) is 50.5 Å². The fraction of sp³-hybridized carbons (Fsp3) is 0.333. The van der Waals surface area contributed by atoms with Crippen LogP contribution in [-0.4, -0.2) is 47.5 Å². The number of benzene rings is 3. The first-order valence-electron chi connectivity index (χ1n) is 11.1. The summed E-state index contributed by atoms with van der Waals surface area (Å²) in [7, 11) is 0. The fourth-order valence-corrected chi connectivity index (χ4v) is 3.84. The molecular weight excluding hydrogens is 420 g/mol.